The second-order valence-electron chi connectivity index (χ2n) is 7.07. The first-order valence-electron chi connectivity index (χ1n) is 9.64. The third-order valence-corrected chi connectivity index (χ3v) is 6.89. The van der Waals surface area contributed by atoms with Crippen molar-refractivity contribution in [2.45, 2.75) is 16.7 Å². The van der Waals surface area contributed by atoms with Crippen LogP contribution in [0.2, 0.25) is 5.02 Å². The van der Waals surface area contributed by atoms with Crippen LogP contribution in [0.1, 0.15) is 5.56 Å². The Balaban J connectivity index is 2.00. The molecule has 0 unspecified atom stereocenters. The van der Waals surface area contributed by atoms with Crippen molar-refractivity contribution in [3.05, 3.63) is 82.9 Å². The van der Waals surface area contributed by atoms with Gasteiger partial charge in [0.05, 0.1) is 24.8 Å². The van der Waals surface area contributed by atoms with Crippen molar-refractivity contribution in [3.63, 3.8) is 0 Å². The standard InChI is InChI=1S/C24H20ClNO5S/c1-15-4-8-19(9-5-15)32(27,28)23-13-16-12-17(25)6-10-20(16)31-24(23)26-18-7-11-21(29-2)22(14-18)30-3/h4-14H,1-3H3. The summed E-state index contributed by atoms with van der Waals surface area (Å²) in [6.07, 6.45) is 0. The molecule has 4 rings (SSSR count). The molecule has 0 atom stereocenters. The largest absolute Gasteiger partial charge is 0.493 e. The minimum absolute atomic E-state index is 0.0485. The molecule has 0 aliphatic carbocycles. The topological polar surface area (TPSA) is 78.1 Å². The monoisotopic (exact) mass is 469 g/mol. The number of benzene rings is 3. The van der Waals surface area contributed by atoms with Gasteiger partial charge >= 0.3 is 0 Å². The molecule has 1 heterocycles. The van der Waals surface area contributed by atoms with Crippen LogP contribution in [0, 0.1) is 6.92 Å². The molecular weight excluding hydrogens is 450 g/mol. The summed E-state index contributed by atoms with van der Waals surface area (Å²) >= 11 is 6.11. The lowest BCUT2D eigenvalue weighted by atomic mass is 10.2. The second kappa shape index (κ2) is 8.68. The zero-order valence-corrected chi connectivity index (χ0v) is 19.2. The Kier molecular flexibility index (Phi) is 5.95. The number of fused-ring (bicyclic) bond motifs is 1. The van der Waals surface area contributed by atoms with Gasteiger partial charge in [-0.25, -0.2) is 13.4 Å². The van der Waals surface area contributed by atoms with E-state index in [1.807, 2.05) is 6.92 Å². The molecule has 32 heavy (non-hydrogen) atoms. The van der Waals surface area contributed by atoms with Gasteiger partial charge in [0.15, 0.2) is 11.5 Å². The lowest BCUT2D eigenvalue weighted by Gasteiger charge is -2.09. The van der Waals surface area contributed by atoms with Crippen molar-refractivity contribution in [2.75, 3.05) is 14.2 Å². The highest BCUT2D eigenvalue weighted by molar-refractivity contribution is 7.91. The van der Waals surface area contributed by atoms with E-state index in [-0.39, 0.29) is 15.3 Å². The molecule has 0 amide bonds. The first-order valence-corrected chi connectivity index (χ1v) is 11.5. The van der Waals surface area contributed by atoms with Crippen LogP contribution in [0.4, 0.5) is 5.69 Å². The van der Waals surface area contributed by atoms with Crippen LogP contribution >= 0.6 is 11.6 Å². The van der Waals surface area contributed by atoms with Gasteiger partial charge in [-0.05, 0) is 55.5 Å². The van der Waals surface area contributed by atoms with E-state index < -0.39 is 9.84 Å². The van der Waals surface area contributed by atoms with E-state index in [9.17, 15) is 8.42 Å². The van der Waals surface area contributed by atoms with Crippen LogP contribution in [0.15, 0.2) is 85.9 Å². The molecule has 0 spiro atoms. The molecule has 164 valence electrons. The molecule has 0 saturated heterocycles. The summed E-state index contributed by atoms with van der Waals surface area (Å²) < 4.78 is 43.5. The van der Waals surface area contributed by atoms with Crippen molar-refractivity contribution in [2.24, 2.45) is 4.99 Å². The normalized spacial score (nSPS) is 12.2. The fourth-order valence-corrected chi connectivity index (χ4v) is 4.74. The highest BCUT2D eigenvalue weighted by Crippen LogP contribution is 2.31. The quantitative estimate of drug-likeness (QED) is 0.387. The van der Waals surface area contributed by atoms with E-state index >= 15 is 0 Å². The molecule has 0 fully saturated rings. The number of ether oxygens (including phenoxy) is 2. The Labute approximate surface area is 190 Å². The minimum Gasteiger partial charge on any atom is -0.493 e. The van der Waals surface area contributed by atoms with Crippen molar-refractivity contribution in [3.8, 4) is 11.5 Å². The molecular formula is C24H20ClNO5S. The maximum atomic E-state index is 13.5. The van der Waals surface area contributed by atoms with Gasteiger partial charge in [-0.15, -0.1) is 0 Å². The first kappa shape index (κ1) is 21.9. The molecule has 1 aromatic heterocycles. The van der Waals surface area contributed by atoms with Crippen LogP contribution in [0.25, 0.3) is 11.0 Å². The van der Waals surface area contributed by atoms with Crippen LogP contribution in [-0.4, -0.2) is 22.6 Å². The molecule has 3 aromatic carbocycles. The van der Waals surface area contributed by atoms with E-state index in [0.29, 0.717) is 33.2 Å². The molecule has 0 N–H and O–H groups in total. The van der Waals surface area contributed by atoms with Crippen molar-refractivity contribution >= 4 is 38.1 Å². The van der Waals surface area contributed by atoms with Crippen LogP contribution < -0.4 is 15.0 Å². The SMILES string of the molecule is COc1ccc(N=c2oc3ccc(Cl)cc3cc2S(=O)(=O)c2ccc(C)cc2)cc1OC. The molecule has 8 heteroatoms. The van der Waals surface area contributed by atoms with Gasteiger partial charge in [-0.2, -0.15) is 0 Å². The molecule has 6 nitrogen and oxygen atoms in total. The number of hydrogen-bond acceptors (Lipinski definition) is 6. The number of hydrogen-bond donors (Lipinski definition) is 0. The average Bonchev–Trinajstić information content (AvgIpc) is 2.79. The van der Waals surface area contributed by atoms with Crippen molar-refractivity contribution in [1.82, 2.24) is 0 Å². The predicted molar refractivity (Wildman–Crippen MR) is 123 cm³/mol. The lowest BCUT2D eigenvalue weighted by molar-refractivity contribution is 0.355. The molecule has 4 aromatic rings. The predicted octanol–water partition coefficient (Wildman–Crippen LogP) is 5.48. The van der Waals surface area contributed by atoms with E-state index in [1.165, 1.54) is 20.3 Å². The minimum atomic E-state index is -3.93. The Morgan fingerprint density at radius 2 is 1.59 bits per heavy atom. The first-order chi connectivity index (χ1) is 15.3. The van der Waals surface area contributed by atoms with E-state index in [4.69, 9.17) is 25.5 Å². The number of halogens is 1. The van der Waals surface area contributed by atoms with Gasteiger partial charge in [-0.3, -0.25) is 0 Å². The number of aryl methyl sites for hydroxylation is 1. The summed E-state index contributed by atoms with van der Waals surface area (Å²) in [7, 11) is -0.880. The Morgan fingerprint density at radius 1 is 0.875 bits per heavy atom. The third-order valence-electron chi connectivity index (χ3n) is 4.89. The highest BCUT2D eigenvalue weighted by atomic mass is 35.5. The molecule has 0 aliphatic rings. The Hall–Kier alpha value is -3.29. The summed E-state index contributed by atoms with van der Waals surface area (Å²) in [5.74, 6) is 0.994. The average molecular weight is 470 g/mol. The maximum Gasteiger partial charge on any atom is 0.239 e. The van der Waals surface area contributed by atoms with E-state index in [2.05, 4.69) is 4.99 Å². The van der Waals surface area contributed by atoms with Crippen molar-refractivity contribution in [1.29, 1.82) is 0 Å². The summed E-state index contributed by atoms with van der Waals surface area (Å²) in [5, 5.41) is 1.02. The number of rotatable bonds is 5. The maximum absolute atomic E-state index is 13.5. The summed E-state index contributed by atoms with van der Waals surface area (Å²) in [6.45, 7) is 1.89. The van der Waals surface area contributed by atoms with Gasteiger partial charge in [0, 0.05) is 16.5 Å². The third kappa shape index (κ3) is 4.22. The van der Waals surface area contributed by atoms with Gasteiger partial charge in [0.25, 0.3) is 0 Å². The molecule has 0 saturated carbocycles. The van der Waals surface area contributed by atoms with Crippen molar-refractivity contribution < 1.29 is 22.3 Å². The van der Waals surface area contributed by atoms with Crippen LogP contribution in [0.5, 0.6) is 11.5 Å². The summed E-state index contributed by atoms with van der Waals surface area (Å²) in [6, 6.07) is 18.1. The molecule has 0 radical (unpaired) electrons. The number of nitrogens with zero attached hydrogens (tertiary/aromatic N) is 1. The highest BCUT2D eigenvalue weighted by Gasteiger charge is 2.22. The Morgan fingerprint density at radius 3 is 2.28 bits per heavy atom. The second-order valence-corrected chi connectivity index (χ2v) is 9.42. The fourth-order valence-electron chi connectivity index (χ4n) is 3.21. The number of sulfone groups is 1. The van der Waals surface area contributed by atoms with Gasteiger partial charge < -0.3 is 13.9 Å². The van der Waals surface area contributed by atoms with Crippen LogP contribution in [-0.2, 0) is 9.84 Å². The van der Waals surface area contributed by atoms with Gasteiger partial charge in [0.2, 0.25) is 15.4 Å². The smallest absolute Gasteiger partial charge is 0.239 e. The fraction of sp³-hybridized carbons (Fsp3) is 0.125. The number of methoxy groups -OCH3 is 2. The van der Waals surface area contributed by atoms with E-state index in [0.717, 1.165) is 5.56 Å². The van der Waals surface area contributed by atoms with Gasteiger partial charge in [0.1, 0.15) is 10.5 Å². The Bertz CT molecular complexity index is 1480. The zero-order chi connectivity index (χ0) is 22.9. The lowest BCUT2D eigenvalue weighted by Crippen LogP contribution is -2.15. The van der Waals surface area contributed by atoms with Crippen LogP contribution in [0.3, 0.4) is 0 Å². The molecule has 0 aliphatic heterocycles. The summed E-state index contributed by atoms with van der Waals surface area (Å²) in [4.78, 5) is 4.57. The van der Waals surface area contributed by atoms with E-state index in [1.54, 1.807) is 60.7 Å². The van der Waals surface area contributed by atoms with Gasteiger partial charge in [-0.1, -0.05) is 29.3 Å². The zero-order valence-electron chi connectivity index (χ0n) is 17.6. The summed E-state index contributed by atoms with van der Waals surface area (Å²) in [5.41, 5.74) is 1.80. The molecule has 0 bridgehead atoms.